The van der Waals surface area contributed by atoms with Gasteiger partial charge in [0.05, 0.1) is 24.7 Å². The zero-order chi connectivity index (χ0) is 20.1. The van der Waals surface area contributed by atoms with Crippen molar-refractivity contribution in [1.82, 2.24) is 5.32 Å². The average molecular weight is 384 g/mol. The van der Waals surface area contributed by atoms with Gasteiger partial charge in [-0.2, -0.15) is 0 Å². The zero-order valence-corrected chi connectivity index (χ0v) is 16.1. The van der Waals surface area contributed by atoms with E-state index in [4.69, 9.17) is 9.47 Å². The Hall–Kier alpha value is -3.09. The third kappa shape index (κ3) is 4.08. The number of carbonyl (C=O) groups is 1. The monoisotopic (exact) mass is 384 g/mol. The molecule has 7 nitrogen and oxygen atoms in total. The van der Waals surface area contributed by atoms with Crippen LogP contribution in [0.15, 0.2) is 36.4 Å². The number of amides is 1. The molecule has 1 aliphatic carbocycles. The summed E-state index contributed by atoms with van der Waals surface area (Å²) >= 11 is 0. The summed E-state index contributed by atoms with van der Waals surface area (Å²) in [6, 6.07) is 10.8. The number of ether oxygens (including phenoxy) is 2. The van der Waals surface area contributed by atoms with Crippen LogP contribution in [0.5, 0.6) is 11.5 Å². The summed E-state index contributed by atoms with van der Waals surface area (Å²) in [6.07, 6.45) is 3.09. The van der Waals surface area contributed by atoms with Crippen LogP contribution < -0.4 is 14.8 Å². The number of nitro benzene ring substituents is 1. The topological polar surface area (TPSA) is 90.7 Å². The molecule has 0 bridgehead atoms. The van der Waals surface area contributed by atoms with E-state index in [-0.39, 0.29) is 22.9 Å². The molecule has 0 radical (unpaired) electrons. The van der Waals surface area contributed by atoms with Crippen molar-refractivity contribution in [3.63, 3.8) is 0 Å². The fraction of sp³-hybridized carbons (Fsp3) is 0.381. The van der Waals surface area contributed by atoms with Crippen LogP contribution in [0.3, 0.4) is 0 Å². The van der Waals surface area contributed by atoms with Gasteiger partial charge in [0.1, 0.15) is 5.56 Å². The first-order valence-corrected chi connectivity index (χ1v) is 9.40. The van der Waals surface area contributed by atoms with E-state index in [2.05, 4.69) is 17.4 Å². The maximum absolute atomic E-state index is 12.7. The van der Waals surface area contributed by atoms with E-state index in [1.54, 1.807) is 6.92 Å². The molecule has 0 spiro atoms. The van der Waals surface area contributed by atoms with Crippen LogP contribution in [0.1, 0.15) is 47.2 Å². The smallest absolute Gasteiger partial charge is 0.286 e. The number of nitrogens with one attached hydrogen (secondary N) is 1. The predicted octanol–water partition coefficient (Wildman–Crippen LogP) is 3.85. The Morgan fingerprint density at radius 1 is 1.29 bits per heavy atom. The van der Waals surface area contributed by atoms with Crippen molar-refractivity contribution < 1.29 is 19.2 Å². The number of methoxy groups -OCH3 is 1. The van der Waals surface area contributed by atoms with Gasteiger partial charge in [0.25, 0.3) is 11.6 Å². The van der Waals surface area contributed by atoms with Crippen molar-refractivity contribution in [2.45, 2.75) is 32.1 Å². The summed E-state index contributed by atoms with van der Waals surface area (Å²) in [4.78, 5) is 23.7. The zero-order valence-electron chi connectivity index (χ0n) is 16.1. The predicted molar refractivity (Wildman–Crippen MR) is 105 cm³/mol. The van der Waals surface area contributed by atoms with Crippen molar-refractivity contribution in [1.29, 1.82) is 0 Å². The van der Waals surface area contributed by atoms with Gasteiger partial charge in [0, 0.05) is 18.5 Å². The van der Waals surface area contributed by atoms with Crippen LogP contribution in [-0.2, 0) is 6.42 Å². The van der Waals surface area contributed by atoms with Crippen molar-refractivity contribution >= 4 is 11.6 Å². The molecular formula is C21H24N2O5. The van der Waals surface area contributed by atoms with E-state index < -0.39 is 10.8 Å². The third-order valence-electron chi connectivity index (χ3n) is 5.03. The van der Waals surface area contributed by atoms with Crippen molar-refractivity contribution in [2.75, 3.05) is 20.3 Å². The highest BCUT2D eigenvalue weighted by atomic mass is 16.6. The van der Waals surface area contributed by atoms with Gasteiger partial charge < -0.3 is 14.8 Å². The largest absolute Gasteiger partial charge is 0.493 e. The lowest BCUT2D eigenvalue weighted by molar-refractivity contribution is -0.385. The van der Waals surface area contributed by atoms with Gasteiger partial charge in [0.2, 0.25) is 0 Å². The molecule has 1 N–H and O–H groups in total. The molecule has 148 valence electrons. The number of rotatable bonds is 7. The highest BCUT2D eigenvalue weighted by molar-refractivity contribution is 5.99. The number of hydrogen-bond acceptors (Lipinski definition) is 5. The molecule has 1 aliphatic rings. The van der Waals surface area contributed by atoms with E-state index in [0.29, 0.717) is 18.9 Å². The van der Waals surface area contributed by atoms with Gasteiger partial charge in [-0.05, 0) is 37.3 Å². The first-order valence-electron chi connectivity index (χ1n) is 9.40. The minimum absolute atomic E-state index is 0.0330. The average Bonchev–Trinajstić information content (AvgIpc) is 2.71. The molecular weight excluding hydrogens is 360 g/mol. The Morgan fingerprint density at radius 2 is 2.07 bits per heavy atom. The number of hydrogen-bond donors (Lipinski definition) is 1. The number of fused-ring (bicyclic) bond motifs is 1. The van der Waals surface area contributed by atoms with Crippen molar-refractivity contribution in [3.8, 4) is 11.5 Å². The van der Waals surface area contributed by atoms with Gasteiger partial charge in [-0.1, -0.05) is 24.3 Å². The van der Waals surface area contributed by atoms with E-state index >= 15 is 0 Å². The van der Waals surface area contributed by atoms with E-state index in [1.807, 2.05) is 12.1 Å². The Balaban J connectivity index is 1.82. The molecule has 0 fully saturated rings. The molecule has 7 heteroatoms. The SMILES string of the molecule is CCOc1cc([N+](=O)[O-])c(C(=O)NCC2CCCc3ccccc32)cc1OC. The second-order valence-electron chi connectivity index (χ2n) is 6.71. The first-order chi connectivity index (χ1) is 13.5. The third-order valence-corrected chi connectivity index (χ3v) is 5.03. The molecule has 1 amide bonds. The minimum atomic E-state index is -0.577. The fourth-order valence-corrected chi connectivity index (χ4v) is 3.69. The Kier molecular flexibility index (Phi) is 6.13. The molecule has 0 saturated carbocycles. The number of carbonyl (C=O) groups excluding carboxylic acids is 1. The Bertz CT molecular complexity index is 881. The molecule has 28 heavy (non-hydrogen) atoms. The minimum Gasteiger partial charge on any atom is -0.493 e. The Morgan fingerprint density at radius 3 is 2.79 bits per heavy atom. The molecule has 0 aromatic heterocycles. The summed E-state index contributed by atoms with van der Waals surface area (Å²) in [5.74, 6) is 0.253. The van der Waals surface area contributed by atoms with Crippen LogP contribution >= 0.6 is 0 Å². The van der Waals surface area contributed by atoms with Gasteiger partial charge in [-0.15, -0.1) is 0 Å². The molecule has 2 aromatic rings. The lowest BCUT2D eigenvalue weighted by Crippen LogP contribution is -2.30. The van der Waals surface area contributed by atoms with Gasteiger partial charge in [0.15, 0.2) is 11.5 Å². The van der Waals surface area contributed by atoms with Gasteiger partial charge in [-0.3, -0.25) is 14.9 Å². The second kappa shape index (κ2) is 8.73. The molecule has 0 saturated heterocycles. The quantitative estimate of drug-likeness (QED) is 0.578. The molecule has 2 aromatic carbocycles. The lowest BCUT2D eigenvalue weighted by atomic mass is 9.83. The van der Waals surface area contributed by atoms with E-state index in [9.17, 15) is 14.9 Å². The molecule has 1 atom stereocenters. The van der Waals surface area contributed by atoms with Crippen LogP contribution in [0.4, 0.5) is 5.69 Å². The molecule has 0 aliphatic heterocycles. The summed E-state index contributed by atoms with van der Waals surface area (Å²) < 4.78 is 10.6. The fourth-order valence-electron chi connectivity index (χ4n) is 3.69. The van der Waals surface area contributed by atoms with Crippen LogP contribution in [-0.4, -0.2) is 31.1 Å². The molecule has 0 heterocycles. The second-order valence-corrected chi connectivity index (χ2v) is 6.71. The number of nitro groups is 1. The number of benzene rings is 2. The van der Waals surface area contributed by atoms with Gasteiger partial charge in [-0.25, -0.2) is 0 Å². The van der Waals surface area contributed by atoms with E-state index in [1.165, 1.54) is 30.4 Å². The summed E-state index contributed by atoms with van der Waals surface area (Å²) in [7, 11) is 1.43. The maximum atomic E-state index is 12.7. The number of aryl methyl sites for hydroxylation is 1. The van der Waals surface area contributed by atoms with Gasteiger partial charge >= 0.3 is 0 Å². The Labute approximate surface area is 163 Å². The van der Waals surface area contributed by atoms with Crippen LogP contribution in [0, 0.1) is 10.1 Å². The maximum Gasteiger partial charge on any atom is 0.286 e. The van der Waals surface area contributed by atoms with E-state index in [0.717, 1.165) is 19.3 Å². The van der Waals surface area contributed by atoms with Crippen LogP contribution in [0.25, 0.3) is 0 Å². The van der Waals surface area contributed by atoms with Crippen LogP contribution in [0.2, 0.25) is 0 Å². The summed E-state index contributed by atoms with van der Waals surface area (Å²) in [5, 5.41) is 14.3. The standard InChI is InChI=1S/C21H24N2O5/c1-3-28-20-12-18(23(25)26)17(11-19(20)27-2)21(24)22-13-15-9-6-8-14-7-4-5-10-16(14)15/h4-5,7,10-12,15H,3,6,8-9,13H2,1-2H3,(H,22,24). The summed E-state index contributed by atoms with van der Waals surface area (Å²) in [6.45, 7) is 2.54. The highest BCUT2D eigenvalue weighted by Crippen LogP contribution is 2.35. The highest BCUT2D eigenvalue weighted by Gasteiger charge is 2.26. The molecule has 3 rings (SSSR count). The summed E-state index contributed by atoms with van der Waals surface area (Å²) in [5.41, 5.74) is 2.22. The lowest BCUT2D eigenvalue weighted by Gasteiger charge is -2.25. The first kappa shape index (κ1) is 19.7. The van der Waals surface area contributed by atoms with Crippen molar-refractivity contribution in [2.24, 2.45) is 0 Å². The number of nitrogens with zero attached hydrogens (tertiary/aromatic N) is 1. The normalized spacial score (nSPS) is 15.4. The van der Waals surface area contributed by atoms with Crippen molar-refractivity contribution in [3.05, 3.63) is 63.2 Å². The molecule has 1 unspecified atom stereocenters.